The van der Waals surface area contributed by atoms with Crippen LogP contribution in [-0.4, -0.2) is 27.0 Å². The Kier molecular flexibility index (Phi) is 6.79. The molecule has 1 aliphatic carbocycles. The number of carbonyl (C=O) groups is 1. The first-order chi connectivity index (χ1) is 13.8. The van der Waals surface area contributed by atoms with E-state index in [1.54, 1.807) is 31.2 Å². The number of rotatable bonds is 7. The molecule has 7 heteroatoms. The molecule has 0 saturated heterocycles. The van der Waals surface area contributed by atoms with Gasteiger partial charge in [0.2, 0.25) is 0 Å². The van der Waals surface area contributed by atoms with Crippen molar-refractivity contribution >= 4 is 21.6 Å². The molecule has 1 fully saturated rings. The maximum Gasteiger partial charge on any atom is 0.261 e. The average molecular weight is 417 g/mol. The highest BCUT2D eigenvalue weighted by Gasteiger charge is 2.18. The number of sulfonamides is 1. The zero-order valence-electron chi connectivity index (χ0n) is 16.9. The van der Waals surface area contributed by atoms with Crippen molar-refractivity contribution < 1.29 is 17.9 Å². The lowest BCUT2D eigenvalue weighted by molar-refractivity contribution is -0.124. The van der Waals surface area contributed by atoms with Crippen LogP contribution in [0.15, 0.2) is 47.4 Å². The van der Waals surface area contributed by atoms with Crippen molar-refractivity contribution in [3.8, 4) is 5.75 Å². The molecule has 2 N–H and O–H groups in total. The van der Waals surface area contributed by atoms with E-state index in [-0.39, 0.29) is 23.5 Å². The molecule has 1 amide bonds. The van der Waals surface area contributed by atoms with Crippen LogP contribution >= 0.6 is 0 Å². The van der Waals surface area contributed by atoms with Crippen LogP contribution in [0.1, 0.15) is 43.2 Å². The molecule has 0 atom stereocenters. The van der Waals surface area contributed by atoms with E-state index < -0.39 is 10.0 Å². The summed E-state index contributed by atoms with van der Waals surface area (Å²) in [4.78, 5) is 12.3. The molecule has 6 nitrogen and oxygen atoms in total. The number of ether oxygens (including phenoxy) is 1. The van der Waals surface area contributed by atoms with Crippen LogP contribution in [0.25, 0.3) is 0 Å². The van der Waals surface area contributed by atoms with Crippen molar-refractivity contribution in [3.63, 3.8) is 0 Å². The minimum atomic E-state index is -3.70. The summed E-state index contributed by atoms with van der Waals surface area (Å²) in [5.74, 6) is 0.354. The molecule has 0 unspecified atom stereocenters. The normalized spacial score (nSPS) is 15.0. The van der Waals surface area contributed by atoms with E-state index in [0.717, 1.165) is 31.2 Å². The van der Waals surface area contributed by atoms with E-state index >= 15 is 0 Å². The summed E-state index contributed by atoms with van der Waals surface area (Å²) in [6, 6.07) is 12.0. The summed E-state index contributed by atoms with van der Waals surface area (Å²) in [7, 11) is -3.70. The fraction of sp³-hybridized carbons (Fsp3) is 0.409. The van der Waals surface area contributed by atoms with Gasteiger partial charge in [0.1, 0.15) is 5.75 Å². The van der Waals surface area contributed by atoms with Crippen LogP contribution in [0.4, 0.5) is 5.69 Å². The molecule has 156 valence electrons. The number of amides is 1. The van der Waals surface area contributed by atoms with Crippen LogP contribution in [0.2, 0.25) is 0 Å². The zero-order chi connectivity index (χ0) is 20.9. The highest BCUT2D eigenvalue weighted by atomic mass is 32.2. The standard InChI is InChI=1S/C22H28N2O4S/c1-16-8-10-19(11-9-16)24-29(26,27)20-12-13-21(17(2)14-20)28-15-22(25)23-18-6-4-3-5-7-18/h8-14,18,24H,3-7,15H2,1-2H3,(H,23,25). The van der Waals surface area contributed by atoms with Crippen LogP contribution in [0.3, 0.4) is 0 Å². The molecule has 1 saturated carbocycles. The van der Waals surface area contributed by atoms with Gasteiger partial charge in [0.15, 0.2) is 6.61 Å². The number of aryl methyl sites for hydroxylation is 2. The maximum absolute atomic E-state index is 12.6. The van der Waals surface area contributed by atoms with Gasteiger partial charge in [-0.25, -0.2) is 8.42 Å². The van der Waals surface area contributed by atoms with Gasteiger partial charge >= 0.3 is 0 Å². The summed E-state index contributed by atoms with van der Waals surface area (Å²) in [6.07, 6.45) is 5.57. The second kappa shape index (κ2) is 9.31. The summed E-state index contributed by atoms with van der Waals surface area (Å²) >= 11 is 0. The van der Waals surface area contributed by atoms with E-state index in [2.05, 4.69) is 10.0 Å². The summed E-state index contributed by atoms with van der Waals surface area (Å²) in [5, 5.41) is 3.01. The van der Waals surface area contributed by atoms with Gasteiger partial charge in [-0.3, -0.25) is 9.52 Å². The predicted octanol–water partition coefficient (Wildman–Crippen LogP) is 3.93. The van der Waals surface area contributed by atoms with Gasteiger partial charge in [-0.1, -0.05) is 37.0 Å². The number of hydrogen-bond donors (Lipinski definition) is 2. The first kappa shape index (κ1) is 21.2. The summed E-state index contributed by atoms with van der Waals surface area (Å²) in [5.41, 5.74) is 2.22. The number of hydrogen-bond acceptors (Lipinski definition) is 4. The van der Waals surface area contributed by atoms with E-state index in [1.165, 1.54) is 12.5 Å². The Labute approximate surface area is 172 Å². The van der Waals surface area contributed by atoms with Crippen molar-refractivity contribution in [2.75, 3.05) is 11.3 Å². The topological polar surface area (TPSA) is 84.5 Å². The molecule has 0 aromatic heterocycles. The zero-order valence-corrected chi connectivity index (χ0v) is 17.7. The second-order valence-corrected chi connectivity index (χ2v) is 9.27. The third kappa shape index (κ3) is 5.97. The Morgan fingerprint density at radius 2 is 1.72 bits per heavy atom. The molecule has 29 heavy (non-hydrogen) atoms. The van der Waals surface area contributed by atoms with Crippen molar-refractivity contribution in [1.82, 2.24) is 5.32 Å². The largest absolute Gasteiger partial charge is 0.484 e. The lowest BCUT2D eigenvalue weighted by Crippen LogP contribution is -2.39. The third-order valence-corrected chi connectivity index (χ3v) is 6.47. The molecule has 0 spiro atoms. The Balaban J connectivity index is 1.60. The second-order valence-electron chi connectivity index (χ2n) is 7.59. The lowest BCUT2D eigenvalue weighted by Gasteiger charge is -2.22. The smallest absolute Gasteiger partial charge is 0.261 e. The first-order valence-corrected chi connectivity index (χ1v) is 11.4. The SMILES string of the molecule is Cc1ccc(NS(=O)(=O)c2ccc(OCC(=O)NC3CCCCC3)c(C)c2)cc1. The molecule has 1 aliphatic rings. The van der Waals surface area contributed by atoms with E-state index in [0.29, 0.717) is 17.0 Å². The number of anilines is 1. The molecule has 2 aromatic carbocycles. The Morgan fingerprint density at radius 3 is 2.38 bits per heavy atom. The maximum atomic E-state index is 12.6. The van der Waals surface area contributed by atoms with Crippen molar-refractivity contribution in [1.29, 1.82) is 0 Å². The molecule has 2 aromatic rings. The lowest BCUT2D eigenvalue weighted by atomic mass is 9.95. The highest BCUT2D eigenvalue weighted by molar-refractivity contribution is 7.92. The molecule has 0 aliphatic heterocycles. The van der Waals surface area contributed by atoms with E-state index in [9.17, 15) is 13.2 Å². The Bertz CT molecular complexity index is 949. The minimum absolute atomic E-state index is 0.0783. The van der Waals surface area contributed by atoms with Gasteiger partial charge in [-0.15, -0.1) is 0 Å². The van der Waals surface area contributed by atoms with Crippen LogP contribution in [0, 0.1) is 13.8 Å². The first-order valence-electron chi connectivity index (χ1n) is 9.96. The average Bonchev–Trinajstić information content (AvgIpc) is 2.69. The molecular formula is C22H28N2O4S. The fourth-order valence-electron chi connectivity index (χ4n) is 3.45. The Hall–Kier alpha value is -2.54. The van der Waals surface area contributed by atoms with Gasteiger partial charge in [0.05, 0.1) is 4.90 Å². The third-order valence-electron chi connectivity index (χ3n) is 5.09. The van der Waals surface area contributed by atoms with E-state index in [4.69, 9.17) is 4.74 Å². The summed E-state index contributed by atoms with van der Waals surface area (Å²) < 4.78 is 33.4. The molecule has 0 radical (unpaired) electrons. The van der Waals surface area contributed by atoms with Gasteiger partial charge in [0, 0.05) is 11.7 Å². The number of nitrogens with one attached hydrogen (secondary N) is 2. The quantitative estimate of drug-likeness (QED) is 0.716. The van der Waals surface area contributed by atoms with Crippen molar-refractivity contribution in [2.24, 2.45) is 0 Å². The monoisotopic (exact) mass is 416 g/mol. The van der Waals surface area contributed by atoms with Crippen LogP contribution < -0.4 is 14.8 Å². The van der Waals surface area contributed by atoms with E-state index in [1.807, 2.05) is 19.1 Å². The number of carbonyl (C=O) groups excluding carboxylic acids is 1. The molecule has 0 bridgehead atoms. The van der Waals surface area contributed by atoms with Crippen LogP contribution in [0.5, 0.6) is 5.75 Å². The molecule has 3 rings (SSSR count). The van der Waals surface area contributed by atoms with Crippen molar-refractivity contribution in [3.05, 3.63) is 53.6 Å². The highest BCUT2D eigenvalue weighted by Crippen LogP contribution is 2.24. The minimum Gasteiger partial charge on any atom is -0.484 e. The Morgan fingerprint density at radius 1 is 1.03 bits per heavy atom. The van der Waals surface area contributed by atoms with Crippen molar-refractivity contribution in [2.45, 2.75) is 56.9 Å². The fourth-order valence-corrected chi connectivity index (χ4v) is 4.59. The van der Waals surface area contributed by atoms with Gasteiger partial charge in [0.25, 0.3) is 15.9 Å². The van der Waals surface area contributed by atoms with Gasteiger partial charge in [-0.05, 0) is 62.6 Å². The van der Waals surface area contributed by atoms with Crippen LogP contribution in [-0.2, 0) is 14.8 Å². The van der Waals surface area contributed by atoms with Gasteiger partial charge < -0.3 is 10.1 Å². The summed E-state index contributed by atoms with van der Waals surface area (Å²) in [6.45, 7) is 3.63. The van der Waals surface area contributed by atoms with Gasteiger partial charge in [-0.2, -0.15) is 0 Å². The molecular weight excluding hydrogens is 388 g/mol. The number of benzene rings is 2. The predicted molar refractivity (Wildman–Crippen MR) is 114 cm³/mol. The molecule has 0 heterocycles.